The van der Waals surface area contributed by atoms with Gasteiger partial charge in [-0.3, -0.25) is 4.79 Å². The van der Waals surface area contributed by atoms with E-state index in [9.17, 15) is 4.79 Å². The second-order valence-corrected chi connectivity index (χ2v) is 8.77. The van der Waals surface area contributed by atoms with Gasteiger partial charge in [0, 0.05) is 19.8 Å². The van der Waals surface area contributed by atoms with Gasteiger partial charge in [-0.15, -0.1) is 10.2 Å². The highest BCUT2D eigenvalue weighted by atomic mass is 32.2. The molecule has 0 radical (unpaired) electrons. The highest BCUT2D eigenvalue weighted by Gasteiger charge is 2.25. The number of nitrogens with one attached hydrogen (secondary N) is 1. The lowest BCUT2D eigenvalue weighted by atomic mass is 10.1. The molecule has 3 aromatic rings. The first kappa shape index (κ1) is 19.4. The zero-order valence-corrected chi connectivity index (χ0v) is 17.4. The van der Waals surface area contributed by atoms with Crippen LogP contribution in [0.15, 0.2) is 52.9 Å². The second-order valence-electron chi connectivity index (χ2n) is 6.44. The maximum absolute atomic E-state index is 12.7. The van der Waals surface area contributed by atoms with E-state index in [0.717, 1.165) is 15.6 Å². The molecule has 3 rings (SSSR count). The van der Waals surface area contributed by atoms with E-state index in [2.05, 4.69) is 41.5 Å². The Morgan fingerprint density at radius 2 is 1.81 bits per heavy atom. The number of hydrogen-bond donors (Lipinski definition) is 1. The number of amides is 1. The molecule has 0 saturated carbocycles. The fraction of sp³-hybridized carbons (Fsp3) is 0.250. The molecule has 0 bridgehead atoms. The van der Waals surface area contributed by atoms with E-state index in [-0.39, 0.29) is 11.2 Å². The van der Waals surface area contributed by atoms with Gasteiger partial charge < -0.3 is 10.2 Å². The lowest BCUT2D eigenvalue weighted by Crippen LogP contribution is -2.26. The summed E-state index contributed by atoms with van der Waals surface area (Å²) in [6, 6.07) is 16.0. The molecule has 0 spiro atoms. The van der Waals surface area contributed by atoms with Crippen LogP contribution < -0.4 is 5.32 Å². The van der Waals surface area contributed by atoms with E-state index in [0.29, 0.717) is 5.13 Å². The number of benzene rings is 2. The first-order valence-corrected chi connectivity index (χ1v) is 10.2. The van der Waals surface area contributed by atoms with Gasteiger partial charge in [-0.2, -0.15) is 0 Å². The summed E-state index contributed by atoms with van der Waals surface area (Å²) < 4.78 is 0.755. The normalized spacial score (nSPS) is 11.9. The third-order valence-electron chi connectivity index (χ3n) is 4.15. The summed E-state index contributed by atoms with van der Waals surface area (Å²) in [7, 11) is 3.54. The predicted molar refractivity (Wildman–Crippen MR) is 113 cm³/mol. The van der Waals surface area contributed by atoms with Crippen molar-refractivity contribution >= 4 is 39.8 Å². The molecular formula is C20H22N4OS2. The summed E-state index contributed by atoms with van der Waals surface area (Å²) in [4.78, 5) is 14.3. The predicted octanol–water partition coefficient (Wildman–Crippen LogP) is 4.82. The summed E-state index contributed by atoms with van der Waals surface area (Å²) in [6.45, 7) is 4.17. The van der Waals surface area contributed by atoms with Crippen LogP contribution in [0.1, 0.15) is 21.9 Å². The molecule has 2 aromatic carbocycles. The lowest BCUT2D eigenvalue weighted by Gasteiger charge is -2.19. The van der Waals surface area contributed by atoms with E-state index >= 15 is 0 Å². The van der Waals surface area contributed by atoms with Crippen LogP contribution in [0.4, 0.5) is 10.8 Å². The number of carbonyl (C=O) groups is 1. The van der Waals surface area contributed by atoms with E-state index in [1.807, 2.05) is 36.4 Å². The molecular weight excluding hydrogens is 376 g/mol. The Kier molecular flexibility index (Phi) is 6.13. The van der Waals surface area contributed by atoms with E-state index in [1.165, 1.54) is 34.2 Å². The standard InChI is InChI=1S/C20H22N4OS2/c1-13-10-11-16(12-14(13)2)21-19-22-23-20(27-19)26-17(18(25)24(3)4)15-8-6-5-7-9-15/h5-12,17H,1-4H3,(H,21,22)/t17-/m0/s1. The molecule has 1 heterocycles. The largest absolute Gasteiger partial charge is 0.348 e. The molecule has 5 nitrogen and oxygen atoms in total. The smallest absolute Gasteiger partial charge is 0.240 e. The number of aromatic nitrogens is 2. The van der Waals surface area contributed by atoms with Crippen molar-refractivity contribution in [3.05, 3.63) is 65.2 Å². The molecule has 0 fully saturated rings. The molecule has 0 aliphatic rings. The minimum Gasteiger partial charge on any atom is -0.348 e. The number of anilines is 2. The summed E-state index contributed by atoms with van der Waals surface area (Å²) in [5, 5.41) is 12.1. The van der Waals surface area contributed by atoms with Crippen molar-refractivity contribution in [3.8, 4) is 0 Å². The van der Waals surface area contributed by atoms with Crippen LogP contribution in [0.3, 0.4) is 0 Å². The molecule has 1 atom stereocenters. The molecule has 7 heteroatoms. The molecule has 0 unspecified atom stereocenters. The zero-order chi connectivity index (χ0) is 19.4. The number of nitrogens with zero attached hydrogens (tertiary/aromatic N) is 3. The summed E-state index contributed by atoms with van der Waals surface area (Å²) in [6.07, 6.45) is 0. The molecule has 0 aliphatic heterocycles. The lowest BCUT2D eigenvalue weighted by molar-refractivity contribution is -0.128. The van der Waals surface area contributed by atoms with Crippen LogP contribution in [0.5, 0.6) is 0 Å². The van der Waals surface area contributed by atoms with Gasteiger partial charge in [-0.25, -0.2) is 0 Å². The summed E-state index contributed by atoms with van der Waals surface area (Å²) >= 11 is 2.88. The maximum Gasteiger partial charge on any atom is 0.240 e. The van der Waals surface area contributed by atoms with E-state index < -0.39 is 0 Å². The fourth-order valence-electron chi connectivity index (χ4n) is 2.47. The van der Waals surface area contributed by atoms with Gasteiger partial charge in [-0.1, -0.05) is 59.5 Å². The van der Waals surface area contributed by atoms with Crippen LogP contribution in [0, 0.1) is 13.8 Å². The van der Waals surface area contributed by atoms with E-state index in [1.54, 1.807) is 19.0 Å². The third-order valence-corrected chi connectivity index (χ3v) is 6.32. The fourth-order valence-corrected chi connectivity index (χ4v) is 4.58. The Balaban J connectivity index is 1.77. The van der Waals surface area contributed by atoms with Gasteiger partial charge in [0.25, 0.3) is 0 Å². The van der Waals surface area contributed by atoms with Crippen molar-refractivity contribution in [1.29, 1.82) is 0 Å². The molecule has 0 aliphatic carbocycles. The van der Waals surface area contributed by atoms with Crippen molar-refractivity contribution in [3.63, 3.8) is 0 Å². The number of thioether (sulfide) groups is 1. The Morgan fingerprint density at radius 1 is 1.07 bits per heavy atom. The van der Waals surface area contributed by atoms with Crippen molar-refractivity contribution in [1.82, 2.24) is 15.1 Å². The monoisotopic (exact) mass is 398 g/mol. The Bertz CT molecular complexity index is 925. The number of carbonyl (C=O) groups excluding carboxylic acids is 1. The molecule has 27 heavy (non-hydrogen) atoms. The van der Waals surface area contributed by atoms with Crippen molar-refractivity contribution in [2.75, 3.05) is 19.4 Å². The molecule has 140 valence electrons. The molecule has 1 N–H and O–H groups in total. The van der Waals surface area contributed by atoms with Crippen molar-refractivity contribution in [2.45, 2.75) is 23.4 Å². The highest BCUT2D eigenvalue weighted by Crippen LogP contribution is 2.39. The maximum atomic E-state index is 12.7. The topological polar surface area (TPSA) is 58.1 Å². The Labute approximate surface area is 167 Å². The van der Waals surface area contributed by atoms with E-state index in [4.69, 9.17) is 0 Å². The number of aryl methyl sites for hydroxylation is 2. The van der Waals surface area contributed by atoms with Gasteiger partial charge in [0.2, 0.25) is 11.0 Å². The van der Waals surface area contributed by atoms with Crippen LogP contribution in [0.2, 0.25) is 0 Å². The first-order chi connectivity index (χ1) is 12.9. The molecule has 1 aromatic heterocycles. The van der Waals surface area contributed by atoms with Crippen LogP contribution in [-0.4, -0.2) is 35.1 Å². The number of hydrogen-bond acceptors (Lipinski definition) is 6. The highest BCUT2D eigenvalue weighted by molar-refractivity contribution is 8.01. The summed E-state index contributed by atoms with van der Waals surface area (Å²) in [5.74, 6) is 0.0325. The minimum absolute atomic E-state index is 0.0325. The van der Waals surface area contributed by atoms with Gasteiger partial charge in [-0.05, 0) is 42.7 Å². The van der Waals surface area contributed by atoms with Gasteiger partial charge in [0.1, 0.15) is 5.25 Å². The van der Waals surface area contributed by atoms with Crippen LogP contribution >= 0.6 is 23.1 Å². The van der Waals surface area contributed by atoms with Gasteiger partial charge in [0.05, 0.1) is 0 Å². The van der Waals surface area contributed by atoms with Crippen molar-refractivity contribution < 1.29 is 4.79 Å². The third kappa shape index (κ3) is 4.87. The average molecular weight is 399 g/mol. The Hall–Kier alpha value is -2.38. The first-order valence-electron chi connectivity index (χ1n) is 8.54. The summed E-state index contributed by atoms with van der Waals surface area (Å²) in [5.41, 5.74) is 4.41. The molecule has 1 amide bonds. The number of rotatable bonds is 6. The zero-order valence-electron chi connectivity index (χ0n) is 15.8. The van der Waals surface area contributed by atoms with Crippen LogP contribution in [0.25, 0.3) is 0 Å². The Morgan fingerprint density at radius 3 is 2.48 bits per heavy atom. The van der Waals surface area contributed by atoms with Gasteiger partial charge in [0.15, 0.2) is 4.34 Å². The molecule has 0 saturated heterocycles. The van der Waals surface area contributed by atoms with Crippen LogP contribution in [-0.2, 0) is 4.79 Å². The van der Waals surface area contributed by atoms with Gasteiger partial charge >= 0.3 is 0 Å². The quantitative estimate of drug-likeness (QED) is 0.603. The number of likely N-dealkylation sites (N-methyl/N-ethyl adjacent to an activating group) is 1. The van der Waals surface area contributed by atoms with Crippen molar-refractivity contribution in [2.24, 2.45) is 0 Å². The minimum atomic E-state index is -0.344. The SMILES string of the molecule is Cc1ccc(Nc2nnc(S[C@H](C(=O)N(C)C)c3ccccc3)s2)cc1C. The average Bonchev–Trinajstić information content (AvgIpc) is 3.10. The second kappa shape index (κ2) is 8.54.